The van der Waals surface area contributed by atoms with E-state index in [0.717, 1.165) is 10.7 Å². The van der Waals surface area contributed by atoms with E-state index in [2.05, 4.69) is 10.3 Å². The molecule has 0 saturated heterocycles. The first-order chi connectivity index (χ1) is 14.4. The number of methoxy groups -OCH3 is 1. The molecule has 1 amide bonds. The summed E-state index contributed by atoms with van der Waals surface area (Å²) in [6.45, 7) is 3.75. The summed E-state index contributed by atoms with van der Waals surface area (Å²) < 4.78 is 16.1. The smallest absolute Gasteiger partial charge is 0.339 e. The van der Waals surface area contributed by atoms with Gasteiger partial charge in [-0.2, -0.15) is 0 Å². The summed E-state index contributed by atoms with van der Waals surface area (Å²) >= 11 is 1.55. The minimum absolute atomic E-state index is 0.294. The van der Waals surface area contributed by atoms with Crippen LogP contribution in [0.25, 0.3) is 0 Å². The van der Waals surface area contributed by atoms with Gasteiger partial charge in [0.05, 0.1) is 23.4 Å². The minimum atomic E-state index is -0.980. The van der Waals surface area contributed by atoms with Gasteiger partial charge in [-0.3, -0.25) is 4.79 Å². The number of nitrogens with zero attached hydrogens (tertiary/aromatic N) is 1. The van der Waals surface area contributed by atoms with Gasteiger partial charge in [-0.1, -0.05) is 12.1 Å². The highest BCUT2D eigenvalue weighted by Gasteiger charge is 2.19. The number of aryl methyl sites for hydroxylation is 1. The minimum Gasteiger partial charge on any atom is -0.497 e. The molecule has 0 aliphatic rings. The van der Waals surface area contributed by atoms with Crippen molar-refractivity contribution >= 4 is 28.9 Å². The van der Waals surface area contributed by atoms with Crippen molar-refractivity contribution in [2.75, 3.05) is 12.4 Å². The Balaban J connectivity index is 1.57. The normalized spacial score (nSPS) is 11.4. The molecule has 1 N–H and O–H groups in total. The second-order valence-corrected chi connectivity index (χ2v) is 7.51. The number of esters is 1. The lowest BCUT2D eigenvalue weighted by Gasteiger charge is -2.14. The monoisotopic (exact) mass is 426 g/mol. The molecular weight excluding hydrogens is 404 g/mol. The SMILES string of the molecule is COc1cccc(NC(=O)C(C)OC(=O)c2cccc(OCc3csc(C)n3)c2)c1. The summed E-state index contributed by atoms with van der Waals surface area (Å²) in [7, 11) is 1.54. The number of hydrogen-bond donors (Lipinski definition) is 1. The summed E-state index contributed by atoms with van der Waals surface area (Å²) in [5, 5.41) is 5.59. The van der Waals surface area contributed by atoms with Gasteiger partial charge >= 0.3 is 5.97 Å². The van der Waals surface area contributed by atoms with Crippen LogP contribution in [0.5, 0.6) is 11.5 Å². The van der Waals surface area contributed by atoms with Crippen LogP contribution in [0.2, 0.25) is 0 Å². The van der Waals surface area contributed by atoms with Crippen LogP contribution < -0.4 is 14.8 Å². The third-order valence-electron chi connectivity index (χ3n) is 4.11. The van der Waals surface area contributed by atoms with Crippen LogP contribution in [-0.2, 0) is 16.1 Å². The molecule has 3 aromatic rings. The van der Waals surface area contributed by atoms with Gasteiger partial charge in [-0.15, -0.1) is 11.3 Å². The summed E-state index contributed by atoms with van der Waals surface area (Å²) in [4.78, 5) is 29.1. The lowest BCUT2D eigenvalue weighted by Crippen LogP contribution is -2.30. The van der Waals surface area contributed by atoms with E-state index in [1.807, 2.05) is 12.3 Å². The Hall–Kier alpha value is -3.39. The standard InChI is InChI=1S/C22H22N2O5S/c1-14(21(25)24-17-7-5-8-19(11-17)27-3)29-22(26)16-6-4-9-20(10-16)28-12-18-13-30-15(2)23-18/h4-11,13-14H,12H2,1-3H3,(H,24,25). The van der Waals surface area contributed by atoms with Crippen LogP contribution in [0.4, 0.5) is 5.69 Å². The molecule has 8 heteroatoms. The number of nitrogens with one attached hydrogen (secondary N) is 1. The van der Waals surface area contributed by atoms with Crippen LogP contribution >= 0.6 is 11.3 Å². The van der Waals surface area contributed by atoms with Gasteiger partial charge in [0.1, 0.15) is 18.1 Å². The van der Waals surface area contributed by atoms with E-state index in [1.54, 1.807) is 67.0 Å². The number of anilines is 1. The third-order valence-corrected chi connectivity index (χ3v) is 4.94. The van der Waals surface area contributed by atoms with E-state index >= 15 is 0 Å². The first-order valence-electron chi connectivity index (χ1n) is 9.24. The average molecular weight is 426 g/mol. The third kappa shape index (κ3) is 5.81. The molecule has 30 heavy (non-hydrogen) atoms. The van der Waals surface area contributed by atoms with E-state index in [0.29, 0.717) is 29.4 Å². The fourth-order valence-electron chi connectivity index (χ4n) is 2.57. The summed E-state index contributed by atoms with van der Waals surface area (Å²) in [6.07, 6.45) is -0.980. The average Bonchev–Trinajstić information content (AvgIpc) is 3.17. The Kier molecular flexibility index (Phi) is 7.03. The maximum Gasteiger partial charge on any atom is 0.339 e. The molecule has 0 bridgehead atoms. The van der Waals surface area contributed by atoms with Crippen molar-refractivity contribution < 1.29 is 23.8 Å². The highest BCUT2D eigenvalue weighted by molar-refractivity contribution is 7.09. The Labute approximate surface area is 178 Å². The van der Waals surface area contributed by atoms with Crippen molar-refractivity contribution in [3.63, 3.8) is 0 Å². The fraction of sp³-hybridized carbons (Fsp3) is 0.227. The van der Waals surface area contributed by atoms with Gasteiger partial charge in [0.2, 0.25) is 0 Å². The number of benzene rings is 2. The quantitative estimate of drug-likeness (QED) is 0.543. The predicted molar refractivity (Wildman–Crippen MR) is 114 cm³/mol. The topological polar surface area (TPSA) is 86.8 Å². The Bertz CT molecular complexity index is 1030. The van der Waals surface area contributed by atoms with E-state index in [-0.39, 0.29) is 0 Å². The first kappa shape index (κ1) is 21.3. The van der Waals surface area contributed by atoms with Gasteiger partial charge in [0.15, 0.2) is 6.10 Å². The van der Waals surface area contributed by atoms with Crippen molar-refractivity contribution in [1.29, 1.82) is 0 Å². The zero-order chi connectivity index (χ0) is 21.5. The molecule has 156 valence electrons. The molecule has 0 saturated carbocycles. The van der Waals surface area contributed by atoms with Gasteiger partial charge in [-0.05, 0) is 44.2 Å². The lowest BCUT2D eigenvalue weighted by atomic mass is 10.2. The molecule has 3 rings (SSSR count). The summed E-state index contributed by atoms with van der Waals surface area (Å²) in [6, 6.07) is 13.5. The van der Waals surface area contributed by atoms with E-state index in [9.17, 15) is 9.59 Å². The first-order valence-corrected chi connectivity index (χ1v) is 10.1. The van der Waals surface area contributed by atoms with Crippen LogP contribution in [0.15, 0.2) is 53.9 Å². The zero-order valence-corrected chi connectivity index (χ0v) is 17.7. The molecule has 1 aromatic heterocycles. The Morgan fingerprint density at radius 2 is 1.90 bits per heavy atom. The number of aromatic nitrogens is 1. The van der Waals surface area contributed by atoms with Crippen molar-refractivity contribution in [3.05, 3.63) is 70.2 Å². The van der Waals surface area contributed by atoms with Crippen LogP contribution in [-0.4, -0.2) is 30.1 Å². The van der Waals surface area contributed by atoms with E-state index in [4.69, 9.17) is 14.2 Å². The second-order valence-electron chi connectivity index (χ2n) is 6.44. The van der Waals surface area contributed by atoms with Crippen LogP contribution in [0.3, 0.4) is 0 Å². The van der Waals surface area contributed by atoms with E-state index in [1.165, 1.54) is 6.92 Å². The number of amides is 1. The van der Waals surface area contributed by atoms with Gasteiger partial charge in [0, 0.05) is 17.1 Å². The number of thiazole rings is 1. The molecule has 0 spiro atoms. The van der Waals surface area contributed by atoms with Crippen LogP contribution in [0, 0.1) is 6.92 Å². The van der Waals surface area contributed by atoms with Crippen molar-refractivity contribution in [3.8, 4) is 11.5 Å². The molecule has 1 heterocycles. The molecule has 0 fully saturated rings. The number of carbonyl (C=O) groups is 2. The molecule has 1 unspecified atom stereocenters. The number of rotatable bonds is 8. The Morgan fingerprint density at radius 1 is 1.13 bits per heavy atom. The zero-order valence-electron chi connectivity index (χ0n) is 16.9. The van der Waals surface area contributed by atoms with Crippen LogP contribution in [0.1, 0.15) is 28.0 Å². The van der Waals surface area contributed by atoms with E-state index < -0.39 is 18.0 Å². The molecule has 0 aliphatic carbocycles. The summed E-state index contributed by atoms with van der Waals surface area (Å²) in [5.41, 5.74) is 1.67. The second kappa shape index (κ2) is 9.89. The number of ether oxygens (including phenoxy) is 3. The van der Waals surface area contributed by atoms with Crippen molar-refractivity contribution in [1.82, 2.24) is 4.98 Å². The molecule has 7 nitrogen and oxygen atoms in total. The highest BCUT2D eigenvalue weighted by Crippen LogP contribution is 2.19. The van der Waals surface area contributed by atoms with Crippen molar-refractivity contribution in [2.24, 2.45) is 0 Å². The highest BCUT2D eigenvalue weighted by atomic mass is 32.1. The molecule has 2 aromatic carbocycles. The maximum absolute atomic E-state index is 12.5. The fourth-order valence-corrected chi connectivity index (χ4v) is 3.17. The maximum atomic E-state index is 12.5. The number of hydrogen-bond acceptors (Lipinski definition) is 7. The van der Waals surface area contributed by atoms with Crippen molar-refractivity contribution in [2.45, 2.75) is 26.6 Å². The molecule has 0 aliphatic heterocycles. The lowest BCUT2D eigenvalue weighted by molar-refractivity contribution is -0.123. The predicted octanol–water partition coefficient (Wildman–Crippen LogP) is 4.22. The van der Waals surface area contributed by atoms with Gasteiger partial charge in [0.25, 0.3) is 5.91 Å². The summed E-state index contributed by atoms with van der Waals surface area (Å²) in [5.74, 6) is 0.0758. The molecule has 0 radical (unpaired) electrons. The van der Waals surface area contributed by atoms with Gasteiger partial charge < -0.3 is 19.5 Å². The Morgan fingerprint density at radius 3 is 2.63 bits per heavy atom. The molecule has 1 atom stereocenters. The van der Waals surface area contributed by atoms with Gasteiger partial charge in [-0.25, -0.2) is 9.78 Å². The molecular formula is C22H22N2O5S. The number of carbonyl (C=O) groups excluding carboxylic acids is 2. The largest absolute Gasteiger partial charge is 0.497 e.